The van der Waals surface area contributed by atoms with Crippen LogP contribution in [-0.2, 0) is 0 Å². The Kier molecular flexibility index (Phi) is 4.76. The molecule has 16 heavy (non-hydrogen) atoms. The summed E-state index contributed by atoms with van der Waals surface area (Å²) in [5, 5.41) is 3.04. The quantitative estimate of drug-likeness (QED) is 0.727. The fourth-order valence-electron chi connectivity index (χ4n) is 1.42. The van der Waals surface area contributed by atoms with Gasteiger partial charge in [-0.25, -0.2) is 4.98 Å². The Hall–Kier alpha value is -1.07. The van der Waals surface area contributed by atoms with E-state index in [-0.39, 0.29) is 16.6 Å². The predicted molar refractivity (Wildman–Crippen MR) is 65.8 cm³/mol. The number of H-pyrrole nitrogens is 1. The van der Waals surface area contributed by atoms with Crippen molar-refractivity contribution in [1.82, 2.24) is 9.97 Å². The zero-order chi connectivity index (χ0) is 12.1. The van der Waals surface area contributed by atoms with Gasteiger partial charge < -0.3 is 16.0 Å². The average Bonchev–Trinajstić information content (AvgIpc) is 2.19. The molecule has 1 atom stereocenters. The minimum absolute atomic E-state index is 0.0251. The second-order valence-corrected chi connectivity index (χ2v) is 4.54. The molecular formula is C10H17ClN4O. The summed E-state index contributed by atoms with van der Waals surface area (Å²) < 4.78 is 0. The summed E-state index contributed by atoms with van der Waals surface area (Å²) in [5.74, 6) is 0.920. The largest absolute Gasteiger partial charge is 0.367 e. The fraction of sp³-hybridized carbons (Fsp3) is 0.600. The van der Waals surface area contributed by atoms with E-state index in [0.29, 0.717) is 18.3 Å². The Labute approximate surface area is 99.4 Å². The van der Waals surface area contributed by atoms with Crippen LogP contribution >= 0.6 is 11.6 Å². The van der Waals surface area contributed by atoms with E-state index in [1.165, 1.54) is 6.33 Å². The molecule has 1 aromatic rings. The summed E-state index contributed by atoms with van der Waals surface area (Å²) in [4.78, 5) is 17.5. The van der Waals surface area contributed by atoms with Crippen LogP contribution in [0.5, 0.6) is 0 Å². The molecule has 0 aliphatic rings. The maximum absolute atomic E-state index is 11.2. The van der Waals surface area contributed by atoms with Gasteiger partial charge in [-0.1, -0.05) is 25.4 Å². The van der Waals surface area contributed by atoms with Crippen molar-refractivity contribution >= 4 is 17.4 Å². The van der Waals surface area contributed by atoms with E-state index in [2.05, 4.69) is 29.1 Å². The van der Waals surface area contributed by atoms with E-state index < -0.39 is 0 Å². The number of aromatic nitrogens is 2. The maximum atomic E-state index is 11.2. The summed E-state index contributed by atoms with van der Waals surface area (Å²) in [5.41, 5.74) is 5.54. The van der Waals surface area contributed by atoms with E-state index in [1.807, 2.05) is 0 Å². The van der Waals surface area contributed by atoms with Crippen molar-refractivity contribution < 1.29 is 0 Å². The van der Waals surface area contributed by atoms with Crippen molar-refractivity contribution in [3.05, 3.63) is 21.7 Å². The van der Waals surface area contributed by atoms with Gasteiger partial charge in [-0.15, -0.1) is 0 Å². The summed E-state index contributed by atoms with van der Waals surface area (Å²) >= 11 is 5.77. The highest BCUT2D eigenvalue weighted by Gasteiger charge is 2.08. The topological polar surface area (TPSA) is 83.8 Å². The monoisotopic (exact) mass is 244 g/mol. The molecule has 0 bridgehead atoms. The molecule has 90 valence electrons. The van der Waals surface area contributed by atoms with Crippen LogP contribution in [-0.4, -0.2) is 22.6 Å². The van der Waals surface area contributed by atoms with Crippen LogP contribution in [0.25, 0.3) is 0 Å². The van der Waals surface area contributed by atoms with Gasteiger partial charge in [-0.3, -0.25) is 4.79 Å². The van der Waals surface area contributed by atoms with E-state index >= 15 is 0 Å². The molecule has 1 unspecified atom stereocenters. The smallest absolute Gasteiger partial charge is 0.271 e. The Morgan fingerprint density at radius 2 is 2.31 bits per heavy atom. The molecule has 0 radical (unpaired) electrons. The molecule has 0 saturated carbocycles. The highest BCUT2D eigenvalue weighted by Crippen LogP contribution is 2.12. The molecule has 0 aliphatic heterocycles. The van der Waals surface area contributed by atoms with Gasteiger partial charge in [0.2, 0.25) is 0 Å². The lowest BCUT2D eigenvalue weighted by Gasteiger charge is -2.15. The van der Waals surface area contributed by atoms with Gasteiger partial charge in [0.1, 0.15) is 5.02 Å². The van der Waals surface area contributed by atoms with E-state index in [0.717, 1.165) is 6.42 Å². The number of rotatable bonds is 5. The van der Waals surface area contributed by atoms with Crippen LogP contribution < -0.4 is 16.6 Å². The van der Waals surface area contributed by atoms with Crippen molar-refractivity contribution in [1.29, 1.82) is 0 Å². The van der Waals surface area contributed by atoms with Crippen LogP contribution in [0, 0.1) is 5.92 Å². The molecule has 5 nitrogen and oxygen atoms in total. The van der Waals surface area contributed by atoms with Gasteiger partial charge in [-0.05, 0) is 12.3 Å². The van der Waals surface area contributed by atoms with Crippen LogP contribution in [0.1, 0.15) is 20.3 Å². The van der Waals surface area contributed by atoms with Gasteiger partial charge in [-0.2, -0.15) is 0 Å². The molecule has 0 aromatic carbocycles. The molecule has 0 fully saturated rings. The average molecular weight is 245 g/mol. The second-order valence-electron chi connectivity index (χ2n) is 4.16. The lowest BCUT2D eigenvalue weighted by molar-refractivity contribution is 0.508. The van der Waals surface area contributed by atoms with Crippen molar-refractivity contribution in [2.24, 2.45) is 11.7 Å². The first-order valence-corrected chi connectivity index (χ1v) is 5.61. The molecule has 1 heterocycles. The zero-order valence-corrected chi connectivity index (χ0v) is 10.2. The van der Waals surface area contributed by atoms with Gasteiger partial charge in [0, 0.05) is 12.6 Å². The minimum atomic E-state index is -0.350. The Morgan fingerprint density at radius 3 is 2.94 bits per heavy atom. The zero-order valence-electron chi connectivity index (χ0n) is 9.46. The Balaban J connectivity index is 2.55. The van der Waals surface area contributed by atoms with Crippen molar-refractivity contribution in [2.75, 3.05) is 11.9 Å². The summed E-state index contributed by atoms with van der Waals surface area (Å²) in [6, 6.07) is 0.0251. The normalized spacial score (nSPS) is 12.8. The Morgan fingerprint density at radius 1 is 1.62 bits per heavy atom. The van der Waals surface area contributed by atoms with Crippen LogP contribution in [0.3, 0.4) is 0 Å². The highest BCUT2D eigenvalue weighted by atomic mass is 35.5. The maximum Gasteiger partial charge on any atom is 0.271 e. The number of nitrogens with one attached hydrogen (secondary N) is 2. The second kappa shape index (κ2) is 5.86. The number of hydrogen-bond acceptors (Lipinski definition) is 4. The van der Waals surface area contributed by atoms with Crippen molar-refractivity contribution in [3.63, 3.8) is 0 Å². The van der Waals surface area contributed by atoms with Gasteiger partial charge in [0.25, 0.3) is 5.56 Å². The summed E-state index contributed by atoms with van der Waals surface area (Å²) in [7, 11) is 0. The minimum Gasteiger partial charge on any atom is -0.367 e. The first-order valence-electron chi connectivity index (χ1n) is 5.23. The molecule has 1 rings (SSSR count). The molecule has 0 spiro atoms. The highest BCUT2D eigenvalue weighted by molar-refractivity contribution is 6.32. The van der Waals surface area contributed by atoms with E-state index in [1.54, 1.807) is 0 Å². The lowest BCUT2D eigenvalue weighted by atomic mass is 10.0. The molecule has 1 aromatic heterocycles. The number of nitrogens with zero attached hydrogens (tertiary/aromatic N) is 1. The molecule has 0 aliphatic carbocycles. The molecule has 4 N–H and O–H groups in total. The van der Waals surface area contributed by atoms with Crippen LogP contribution in [0.15, 0.2) is 11.1 Å². The molecule has 0 amide bonds. The number of anilines is 1. The molecular weight excluding hydrogens is 228 g/mol. The summed E-state index contributed by atoms with van der Waals surface area (Å²) in [6.07, 6.45) is 2.22. The number of aromatic amines is 1. The third kappa shape index (κ3) is 3.83. The standard InChI is InChI=1S/C10H17ClN4O/c1-6(2)3-7(12)4-13-9-8(11)10(16)15-5-14-9/h5-7H,3-4,12H2,1-2H3,(H2,13,14,15,16). The third-order valence-electron chi connectivity index (χ3n) is 2.10. The Bertz CT molecular complexity index is 391. The number of hydrogen-bond donors (Lipinski definition) is 3. The first-order chi connectivity index (χ1) is 7.50. The molecule has 0 saturated heterocycles. The van der Waals surface area contributed by atoms with Crippen molar-refractivity contribution in [3.8, 4) is 0 Å². The summed E-state index contributed by atoms with van der Waals surface area (Å²) in [6.45, 7) is 4.77. The number of nitrogens with two attached hydrogens (primary N) is 1. The SMILES string of the molecule is CC(C)CC(N)CNc1nc[nH]c(=O)c1Cl. The van der Waals surface area contributed by atoms with Gasteiger partial charge >= 0.3 is 0 Å². The van der Waals surface area contributed by atoms with Crippen LogP contribution in [0.4, 0.5) is 5.82 Å². The number of halogens is 1. The van der Waals surface area contributed by atoms with Gasteiger partial charge in [0.05, 0.1) is 6.33 Å². The predicted octanol–water partition coefficient (Wildman–Crippen LogP) is 1.21. The fourth-order valence-corrected chi connectivity index (χ4v) is 1.59. The molecule has 6 heteroatoms. The van der Waals surface area contributed by atoms with Gasteiger partial charge in [0.15, 0.2) is 5.82 Å². The third-order valence-corrected chi connectivity index (χ3v) is 2.45. The van der Waals surface area contributed by atoms with E-state index in [9.17, 15) is 4.79 Å². The lowest BCUT2D eigenvalue weighted by Crippen LogP contribution is -2.31. The van der Waals surface area contributed by atoms with Crippen LogP contribution in [0.2, 0.25) is 5.02 Å². The van der Waals surface area contributed by atoms with Crippen molar-refractivity contribution in [2.45, 2.75) is 26.3 Å². The van der Waals surface area contributed by atoms with E-state index in [4.69, 9.17) is 17.3 Å². The first kappa shape index (κ1) is 13.0.